The van der Waals surface area contributed by atoms with Gasteiger partial charge in [-0.15, -0.1) is 0 Å². The standard InChI is InChI=1S/C18H11BrCl2N2O3S/c19-11-5-1-2-7-13(11)22-15(24)9-23-17(25)14(27-18(23)26)8-10-4-3-6-12(20)16(10)21/h1-8H,9H2,(H,22,24)/b14-8+. The number of anilines is 1. The van der Waals surface area contributed by atoms with Crippen molar-refractivity contribution in [1.82, 2.24) is 4.90 Å². The molecule has 0 bridgehead atoms. The molecule has 2 aromatic carbocycles. The maximum absolute atomic E-state index is 12.5. The van der Waals surface area contributed by atoms with Crippen molar-refractivity contribution in [1.29, 1.82) is 0 Å². The SMILES string of the molecule is O=C(CN1C(=O)S/C(=C/c2cccc(Cl)c2Cl)C1=O)Nc1ccccc1Br. The summed E-state index contributed by atoms with van der Waals surface area (Å²) in [6.07, 6.45) is 1.49. The monoisotopic (exact) mass is 484 g/mol. The van der Waals surface area contributed by atoms with Crippen LogP contribution in [0.4, 0.5) is 10.5 Å². The van der Waals surface area contributed by atoms with E-state index >= 15 is 0 Å². The topological polar surface area (TPSA) is 66.5 Å². The van der Waals surface area contributed by atoms with E-state index in [0.29, 0.717) is 20.7 Å². The third kappa shape index (κ3) is 4.55. The van der Waals surface area contributed by atoms with Gasteiger partial charge < -0.3 is 5.32 Å². The lowest BCUT2D eigenvalue weighted by molar-refractivity contribution is -0.127. The van der Waals surface area contributed by atoms with Gasteiger partial charge in [-0.25, -0.2) is 0 Å². The molecule has 0 spiro atoms. The molecule has 3 rings (SSSR count). The summed E-state index contributed by atoms with van der Waals surface area (Å²) in [4.78, 5) is 38.0. The van der Waals surface area contributed by atoms with Gasteiger partial charge in [0, 0.05) is 4.47 Å². The van der Waals surface area contributed by atoms with E-state index in [9.17, 15) is 14.4 Å². The predicted molar refractivity (Wildman–Crippen MR) is 112 cm³/mol. The lowest BCUT2D eigenvalue weighted by Gasteiger charge is -2.13. The number of para-hydroxylation sites is 1. The zero-order chi connectivity index (χ0) is 19.6. The highest BCUT2D eigenvalue weighted by Gasteiger charge is 2.36. The Balaban J connectivity index is 1.74. The first-order valence-electron chi connectivity index (χ1n) is 7.60. The molecule has 27 heavy (non-hydrogen) atoms. The van der Waals surface area contributed by atoms with Gasteiger partial charge in [0.05, 0.1) is 20.6 Å². The molecule has 1 heterocycles. The van der Waals surface area contributed by atoms with Crippen molar-refractivity contribution in [3.8, 4) is 0 Å². The average Bonchev–Trinajstić information content (AvgIpc) is 2.88. The van der Waals surface area contributed by atoms with Crippen LogP contribution in [0.1, 0.15) is 5.56 Å². The number of imide groups is 1. The smallest absolute Gasteiger partial charge is 0.294 e. The minimum absolute atomic E-state index is 0.179. The van der Waals surface area contributed by atoms with Crippen LogP contribution in [0.25, 0.3) is 6.08 Å². The number of halogens is 3. The van der Waals surface area contributed by atoms with Crippen LogP contribution in [-0.4, -0.2) is 28.5 Å². The van der Waals surface area contributed by atoms with Crippen molar-refractivity contribution >= 4 is 79.7 Å². The first-order chi connectivity index (χ1) is 12.9. The molecule has 5 nitrogen and oxygen atoms in total. The second kappa shape index (κ2) is 8.48. The lowest BCUT2D eigenvalue weighted by Crippen LogP contribution is -2.36. The van der Waals surface area contributed by atoms with Crippen LogP contribution >= 0.6 is 50.9 Å². The molecule has 1 N–H and O–H groups in total. The molecule has 1 saturated heterocycles. The van der Waals surface area contributed by atoms with Crippen molar-refractivity contribution in [3.05, 3.63) is 67.5 Å². The average molecular weight is 486 g/mol. The Kier molecular flexibility index (Phi) is 6.26. The Morgan fingerprint density at radius 1 is 1.15 bits per heavy atom. The van der Waals surface area contributed by atoms with Crippen LogP contribution in [0.15, 0.2) is 51.8 Å². The number of hydrogen-bond acceptors (Lipinski definition) is 4. The fraction of sp³-hybridized carbons (Fsp3) is 0.0556. The van der Waals surface area contributed by atoms with Gasteiger partial charge in [-0.1, -0.05) is 47.5 Å². The number of carbonyl (C=O) groups is 3. The molecule has 138 valence electrons. The molecule has 1 aliphatic rings. The summed E-state index contributed by atoms with van der Waals surface area (Å²) in [6.45, 7) is -0.382. The lowest BCUT2D eigenvalue weighted by atomic mass is 10.2. The molecule has 9 heteroatoms. The number of rotatable bonds is 4. The third-order valence-corrected chi connectivity index (χ3v) is 6.02. The second-order valence-corrected chi connectivity index (χ2v) is 8.07. The van der Waals surface area contributed by atoms with Gasteiger partial charge >= 0.3 is 0 Å². The molecule has 0 saturated carbocycles. The van der Waals surface area contributed by atoms with Gasteiger partial charge in [0.1, 0.15) is 6.54 Å². The molecule has 1 aliphatic heterocycles. The molecule has 3 amide bonds. The summed E-state index contributed by atoms with van der Waals surface area (Å²) in [5, 5.41) is 2.77. The number of nitrogens with one attached hydrogen (secondary N) is 1. The molecule has 0 atom stereocenters. The van der Waals surface area contributed by atoms with Crippen molar-refractivity contribution in [3.63, 3.8) is 0 Å². The molecule has 0 aromatic heterocycles. The van der Waals surface area contributed by atoms with Gasteiger partial charge in [-0.05, 0) is 57.5 Å². The minimum Gasteiger partial charge on any atom is -0.324 e. The Labute approximate surface area is 177 Å². The molecular weight excluding hydrogens is 475 g/mol. The van der Waals surface area contributed by atoms with E-state index in [0.717, 1.165) is 16.7 Å². The normalized spacial score (nSPS) is 15.5. The first kappa shape index (κ1) is 19.9. The van der Waals surface area contributed by atoms with E-state index in [-0.39, 0.29) is 16.5 Å². The fourth-order valence-corrected chi connectivity index (χ4v) is 3.88. The van der Waals surface area contributed by atoms with Crippen LogP contribution in [-0.2, 0) is 9.59 Å². The number of benzene rings is 2. The van der Waals surface area contributed by atoms with Crippen LogP contribution < -0.4 is 5.32 Å². The molecule has 0 radical (unpaired) electrons. The predicted octanol–water partition coefficient (Wildman–Crippen LogP) is 5.43. The van der Waals surface area contributed by atoms with Gasteiger partial charge in [0.15, 0.2) is 0 Å². The van der Waals surface area contributed by atoms with Crippen LogP contribution in [0.5, 0.6) is 0 Å². The Morgan fingerprint density at radius 3 is 2.63 bits per heavy atom. The molecule has 1 fully saturated rings. The first-order valence-corrected chi connectivity index (χ1v) is 9.97. The zero-order valence-corrected chi connectivity index (χ0v) is 17.5. The molecule has 0 aliphatic carbocycles. The van der Waals surface area contributed by atoms with E-state index in [1.54, 1.807) is 36.4 Å². The van der Waals surface area contributed by atoms with Crippen molar-refractivity contribution in [2.45, 2.75) is 0 Å². The number of thioether (sulfide) groups is 1. The number of nitrogens with zero attached hydrogens (tertiary/aromatic N) is 1. The Morgan fingerprint density at radius 2 is 1.89 bits per heavy atom. The maximum Gasteiger partial charge on any atom is 0.294 e. The Bertz CT molecular complexity index is 981. The highest BCUT2D eigenvalue weighted by atomic mass is 79.9. The second-order valence-electron chi connectivity index (χ2n) is 5.44. The summed E-state index contributed by atoms with van der Waals surface area (Å²) in [6, 6.07) is 12.0. The molecular formula is C18H11BrCl2N2O3S. The number of amides is 3. The van der Waals surface area contributed by atoms with Crippen molar-refractivity contribution in [2.75, 3.05) is 11.9 Å². The summed E-state index contributed by atoms with van der Waals surface area (Å²) < 4.78 is 0.697. The summed E-state index contributed by atoms with van der Waals surface area (Å²) in [5.74, 6) is -1.03. The van der Waals surface area contributed by atoms with Crippen molar-refractivity contribution < 1.29 is 14.4 Å². The largest absolute Gasteiger partial charge is 0.324 e. The van der Waals surface area contributed by atoms with Gasteiger partial charge in [-0.3, -0.25) is 19.3 Å². The van der Waals surface area contributed by atoms with E-state index in [1.807, 2.05) is 6.07 Å². The third-order valence-electron chi connectivity index (χ3n) is 3.59. The quantitative estimate of drug-likeness (QED) is 0.586. The van der Waals surface area contributed by atoms with Crippen LogP contribution in [0.3, 0.4) is 0 Å². The minimum atomic E-state index is -0.552. The molecule has 2 aromatic rings. The van der Waals surface area contributed by atoms with Gasteiger partial charge in [0.25, 0.3) is 11.1 Å². The van der Waals surface area contributed by atoms with E-state index in [2.05, 4.69) is 21.2 Å². The van der Waals surface area contributed by atoms with Gasteiger partial charge in [-0.2, -0.15) is 0 Å². The van der Waals surface area contributed by atoms with E-state index < -0.39 is 17.1 Å². The van der Waals surface area contributed by atoms with Crippen molar-refractivity contribution in [2.24, 2.45) is 0 Å². The van der Waals surface area contributed by atoms with E-state index in [4.69, 9.17) is 23.2 Å². The van der Waals surface area contributed by atoms with Crippen LogP contribution in [0.2, 0.25) is 10.0 Å². The summed E-state index contributed by atoms with van der Waals surface area (Å²) >= 11 is 16.2. The van der Waals surface area contributed by atoms with E-state index in [1.165, 1.54) is 6.08 Å². The highest BCUT2D eigenvalue weighted by Crippen LogP contribution is 2.35. The number of carbonyl (C=O) groups excluding carboxylic acids is 3. The number of hydrogen-bond donors (Lipinski definition) is 1. The summed E-state index contributed by atoms with van der Waals surface area (Å²) in [7, 11) is 0. The van der Waals surface area contributed by atoms with Crippen LogP contribution in [0, 0.1) is 0 Å². The fourth-order valence-electron chi connectivity index (χ4n) is 2.31. The highest BCUT2D eigenvalue weighted by molar-refractivity contribution is 9.10. The maximum atomic E-state index is 12.5. The van der Waals surface area contributed by atoms with Gasteiger partial charge in [0.2, 0.25) is 5.91 Å². The zero-order valence-electron chi connectivity index (χ0n) is 13.5. The summed E-state index contributed by atoms with van der Waals surface area (Å²) in [5.41, 5.74) is 1.07. The Hall–Kier alpha value is -1.80. The molecule has 0 unspecified atom stereocenters.